The number of ether oxygens (including phenoxy) is 1. The predicted octanol–water partition coefficient (Wildman–Crippen LogP) is 3.56. The van der Waals surface area contributed by atoms with Crippen molar-refractivity contribution in [1.82, 2.24) is 0 Å². The molecule has 0 saturated carbocycles. The Morgan fingerprint density at radius 2 is 2.22 bits per heavy atom. The Labute approximate surface area is 110 Å². The van der Waals surface area contributed by atoms with Gasteiger partial charge in [-0.25, -0.2) is 4.39 Å². The van der Waals surface area contributed by atoms with Crippen LogP contribution in [-0.2, 0) is 6.42 Å². The van der Waals surface area contributed by atoms with Crippen LogP contribution >= 0.6 is 11.3 Å². The van der Waals surface area contributed by atoms with Gasteiger partial charge in [-0.3, -0.25) is 0 Å². The molecule has 1 aromatic heterocycles. The summed E-state index contributed by atoms with van der Waals surface area (Å²) in [7, 11) is 0. The molecule has 0 aliphatic carbocycles. The minimum absolute atomic E-state index is 0.292. The molecular formula is C14H15FO2S. The number of halogens is 1. The molecule has 0 aliphatic heterocycles. The summed E-state index contributed by atoms with van der Waals surface area (Å²) in [4.78, 5) is 1.25. The van der Waals surface area contributed by atoms with Gasteiger partial charge in [-0.15, -0.1) is 11.3 Å². The summed E-state index contributed by atoms with van der Waals surface area (Å²) in [5.74, 6) is 0.0621. The summed E-state index contributed by atoms with van der Waals surface area (Å²) in [6.45, 7) is 2.06. The summed E-state index contributed by atoms with van der Waals surface area (Å²) in [5, 5.41) is 11.3. The van der Waals surface area contributed by atoms with Crippen LogP contribution in [0.15, 0.2) is 35.7 Å². The highest BCUT2D eigenvalue weighted by Gasteiger charge is 2.08. The van der Waals surface area contributed by atoms with Gasteiger partial charge in [-0.05, 0) is 30.5 Å². The second-order valence-electron chi connectivity index (χ2n) is 4.04. The first-order valence-electron chi connectivity index (χ1n) is 5.79. The lowest BCUT2D eigenvalue weighted by Gasteiger charge is -2.09. The van der Waals surface area contributed by atoms with Gasteiger partial charge in [0.25, 0.3) is 0 Å². The molecule has 18 heavy (non-hydrogen) atoms. The lowest BCUT2D eigenvalue weighted by atomic mass is 10.1. The molecule has 2 nitrogen and oxygen atoms in total. The quantitative estimate of drug-likeness (QED) is 0.896. The molecule has 1 aromatic carbocycles. The lowest BCUT2D eigenvalue weighted by molar-refractivity contribution is 0.194. The molecule has 1 atom stereocenters. The van der Waals surface area contributed by atoms with Crippen molar-refractivity contribution in [2.24, 2.45) is 0 Å². The number of hydrogen-bond donors (Lipinski definition) is 1. The summed E-state index contributed by atoms with van der Waals surface area (Å²) in [6.07, 6.45) is 0.0161. The third-order valence-electron chi connectivity index (χ3n) is 2.62. The smallest absolute Gasteiger partial charge is 0.132 e. The number of rotatable bonds is 5. The van der Waals surface area contributed by atoms with Gasteiger partial charge in [0.15, 0.2) is 0 Å². The molecule has 0 unspecified atom stereocenters. The molecule has 4 heteroatoms. The largest absolute Gasteiger partial charge is 0.493 e. The predicted molar refractivity (Wildman–Crippen MR) is 70.6 cm³/mol. The second-order valence-corrected chi connectivity index (χ2v) is 5.07. The zero-order valence-electron chi connectivity index (χ0n) is 10.1. The van der Waals surface area contributed by atoms with Crippen molar-refractivity contribution >= 4 is 11.3 Å². The molecule has 0 amide bonds. The van der Waals surface area contributed by atoms with E-state index in [0.29, 0.717) is 17.9 Å². The fourth-order valence-electron chi connectivity index (χ4n) is 1.66. The van der Waals surface area contributed by atoms with Crippen LogP contribution in [0.1, 0.15) is 23.5 Å². The van der Waals surface area contributed by atoms with Crippen molar-refractivity contribution in [3.8, 4) is 5.75 Å². The number of aliphatic hydroxyl groups is 1. The molecule has 1 heterocycles. The molecule has 2 aromatic rings. The van der Waals surface area contributed by atoms with Crippen LogP contribution in [-0.4, -0.2) is 11.7 Å². The molecular weight excluding hydrogens is 251 g/mol. The van der Waals surface area contributed by atoms with E-state index < -0.39 is 11.9 Å². The number of aliphatic hydroxyl groups excluding tert-OH is 1. The summed E-state index contributed by atoms with van der Waals surface area (Å²) >= 11 is 1.68. The molecule has 0 radical (unpaired) electrons. The van der Waals surface area contributed by atoms with Crippen LogP contribution < -0.4 is 4.74 Å². The molecule has 0 aliphatic rings. The molecule has 0 bridgehead atoms. The summed E-state index contributed by atoms with van der Waals surface area (Å²) in [6, 6.07) is 8.60. The third-order valence-corrected chi connectivity index (χ3v) is 3.56. The maximum Gasteiger partial charge on any atom is 0.132 e. The monoisotopic (exact) mass is 266 g/mol. The van der Waals surface area contributed by atoms with E-state index in [0.717, 1.165) is 6.42 Å². The Bertz CT molecular complexity index is 495. The Morgan fingerprint density at radius 1 is 1.39 bits per heavy atom. The standard InChI is InChI=1S/C14H15FO2S/c1-10(16)13-5-4-11(9-14(13)15)17-7-6-12-3-2-8-18-12/h2-5,8-10,16H,6-7H2,1H3/t10-/m1/s1. The maximum atomic E-state index is 13.6. The highest BCUT2D eigenvalue weighted by Crippen LogP contribution is 2.22. The van der Waals surface area contributed by atoms with Crippen LogP contribution in [0.2, 0.25) is 0 Å². The van der Waals surface area contributed by atoms with E-state index in [1.807, 2.05) is 17.5 Å². The first-order chi connectivity index (χ1) is 8.66. The van der Waals surface area contributed by atoms with Crippen molar-refractivity contribution in [2.45, 2.75) is 19.4 Å². The van der Waals surface area contributed by atoms with E-state index in [1.165, 1.54) is 17.9 Å². The first kappa shape index (κ1) is 13.1. The second kappa shape index (κ2) is 5.98. The van der Waals surface area contributed by atoms with Gasteiger partial charge in [0.2, 0.25) is 0 Å². The minimum atomic E-state index is -0.801. The average Bonchev–Trinajstić information content (AvgIpc) is 2.81. The number of benzene rings is 1. The number of thiophene rings is 1. The molecule has 0 spiro atoms. The van der Waals surface area contributed by atoms with E-state index in [2.05, 4.69) is 0 Å². The molecule has 0 fully saturated rings. The topological polar surface area (TPSA) is 29.5 Å². The van der Waals surface area contributed by atoms with E-state index in [1.54, 1.807) is 23.5 Å². The molecule has 0 saturated heterocycles. The van der Waals surface area contributed by atoms with Gasteiger partial charge in [0, 0.05) is 22.9 Å². The Kier molecular flexibility index (Phi) is 4.33. The molecule has 1 N–H and O–H groups in total. The molecule has 96 valence electrons. The normalized spacial score (nSPS) is 12.4. The van der Waals surface area contributed by atoms with Crippen LogP contribution in [0.25, 0.3) is 0 Å². The van der Waals surface area contributed by atoms with E-state index >= 15 is 0 Å². The maximum absolute atomic E-state index is 13.6. The van der Waals surface area contributed by atoms with Crippen molar-refractivity contribution in [2.75, 3.05) is 6.61 Å². The molecule has 2 rings (SSSR count). The van der Waals surface area contributed by atoms with Gasteiger partial charge in [0.1, 0.15) is 11.6 Å². The van der Waals surface area contributed by atoms with Gasteiger partial charge >= 0.3 is 0 Å². The zero-order chi connectivity index (χ0) is 13.0. The van der Waals surface area contributed by atoms with Gasteiger partial charge in [0.05, 0.1) is 12.7 Å². The van der Waals surface area contributed by atoms with Crippen molar-refractivity contribution in [3.05, 3.63) is 52.0 Å². The van der Waals surface area contributed by atoms with Gasteiger partial charge in [-0.1, -0.05) is 6.07 Å². The Balaban J connectivity index is 1.92. The van der Waals surface area contributed by atoms with Crippen LogP contribution in [0, 0.1) is 5.82 Å². The highest BCUT2D eigenvalue weighted by molar-refractivity contribution is 7.09. The van der Waals surface area contributed by atoms with E-state index in [9.17, 15) is 9.50 Å². The zero-order valence-corrected chi connectivity index (χ0v) is 10.9. The lowest BCUT2D eigenvalue weighted by Crippen LogP contribution is -2.02. The fraction of sp³-hybridized carbons (Fsp3) is 0.286. The Morgan fingerprint density at radius 3 is 2.83 bits per heavy atom. The SMILES string of the molecule is C[C@@H](O)c1ccc(OCCc2cccs2)cc1F. The van der Waals surface area contributed by atoms with Crippen LogP contribution in [0.5, 0.6) is 5.75 Å². The first-order valence-corrected chi connectivity index (χ1v) is 6.67. The minimum Gasteiger partial charge on any atom is -0.493 e. The average molecular weight is 266 g/mol. The van der Waals surface area contributed by atoms with E-state index in [-0.39, 0.29) is 0 Å². The van der Waals surface area contributed by atoms with Crippen LogP contribution in [0.3, 0.4) is 0 Å². The van der Waals surface area contributed by atoms with Crippen molar-refractivity contribution < 1.29 is 14.2 Å². The van der Waals surface area contributed by atoms with Crippen molar-refractivity contribution in [1.29, 1.82) is 0 Å². The summed E-state index contributed by atoms with van der Waals surface area (Å²) < 4.78 is 19.0. The van der Waals surface area contributed by atoms with Crippen LogP contribution in [0.4, 0.5) is 4.39 Å². The van der Waals surface area contributed by atoms with Gasteiger partial charge in [-0.2, -0.15) is 0 Å². The Hall–Kier alpha value is -1.39. The fourth-order valence-corrected chi connectivity index (χ4v) is 2.35. The number of hydrogen-bond acceptors (Lipinski definition) is 3. The van der Waals surface area contributed by atoms with Crippen molar-refractivity contribution in [3.63, 3.8) is 0 Å². The van der Waals surface area contributed by atoms with E-state index in [4.69, 9.17) is 4.74 Å². The third kappa shape index (κ3) is 3.31. The highest BCUT2D eigenvalue weighted by atomic mass is 32.1. The van der Waals surface area contributed by atoms with Gasteiger partial charge < -0.3 is 9.84 Å². The summed E-state index contributed by atoms with van der Waals surface area (Å²) in [5.41, 5.74) is 0.292.